The maximum Gasteiger partial charge on any atom is 0.119 e. The Hall–Kier alpha value is -1.51. The third-order valence-corrected chi connectivity index (χ3v) is 2.94. The molecule has 94 valence electrons. The van der Waals surface area contributed by atoms with Crippen LogP contribution < -0.4 is 10.5 Å². The van der Waals surface area contributed by atoms with E-state index in [1.165, 1.54) is 0 Å². The third kappa shape index (κ3) is 3.49. The van der Waals surface area contributed by atoms with Gasteiger partial charge in [0.1, 0.15) is 12.4 Å². The number of benzene rings is 2. The van der Waals surface area contributed by atoms with Gasteiger partial charge >= 0.3 is 0 Å². The predicted molar refractivity (Wildman–Crippen MR) is 74.8 cm³/mol. The number of hydrogen-bond acceptors (Lipinski definition) is 2. The van der Waals surface area contributed by atoms with E-state index in [1.807, 2.05) is 55.5 Å². The Morgan fingerprint density at radius 2 is 1.89 bits per heavy atom. The van der Waals surface area contributed by atoms with E-state index in [0.29, 0.717) is 6.61 Å². The van der Waals surface area contributed by atoms with Gasteiger partial charge in [-0.05, 0) is 42.3 Å². The zero-order valence-electron chi connectivity index (χ0n) is 10.3. The molecule has 0 aliphatic carbocycles. The predicted octanol–water partition coefficient (Wildman–Crippen LogP) is 3.94. The molecule has 0 aromatic heterocycles. The number of hydrogen-bond donors (Lipinski definition) is 1. The van der Waals surface area contributed by atoms with Crippen LogP contribution in [0.25, 0.3) is 0 Å². The van der Waals surface area contributed by atoms with Crippen LogP contribution in [0.4, 0.5) is 0 Å². The lowest BCUT2D eigenvalue weighted by Gasteiger charge is -2.09. The average Bonchev–Trinajstić information content (AvgIpc) is 2.37. The zero-order valence-corrected chi connectivity index (χ0v) is 11.0. The highest BCUT2D eigenvalue weighted by Gasteiger charge is 2.00. The molecule has 0 heterocycles. The summed E-state index contributed by atoms with van der Waals surface area (Å²) in [7, 11) is 0. The number of halogens is 1. The maximum absolute atomic E-state index is 5.91. The first-order valence-corrected chi connectivity index (χ1v) is 6.26. The van der Waals surface area contributed by atoms with E-state index >= 15 is 0 Å². The van der Waals surface area contributed by atoms with Gasteiger partial charge in [0.25, 0.3) is 0 Å². The van der Waals surface area contributed by atoms with Gasteiger partial charge in [0, 0.05) is 11.1 Å². The fourth-order valence-electron chi connectivity index (χ4n) is 1.66. The molecule has 0 spiro atoms. The molecule has 2 aromatic rings. The van der Waals surface area contributed by atoms with Crippen LogP contribution in [0.3, 0.4) is 0 Å². The lowest BCUT2D eigenvalue weighted by atomic mass is 10.1. The summed E-state index contributed by atoms with van der Waals surface area (Å²) in [5.74, 6) is 0.833. The quantitative estimate of drug-likeness (QED) is 0.905. The van der Waals surface area contributed by atoms with E-state index in [4.69, 9.17) is 22.1 Å². The molecule has 2 aromatic carbocycles. The molecular formula is C15H16ClNO. The van der Waals surface area contributed by atoms with Crippen molar-refractivity contribution in [2.75, 3.05) is 0 Å². The molecular weight excluding hydrogens is 246 g/mol. The van der Waals surface area contributed by atoms with Crippen molar-refractivity contribution in [1.82, 2.24) is 0 Å². The van der Waals surface area contributed by atoms with E-state index in [2.05, 4.69) is 0 Å². The van der Waals surface area contributed by atoms with Crippen LogP contribution in [-0.4, -0.2) is 0 Å². The van der Waals surface area contributed by atoms with Crippen molar-refractivity contribution < 1.29 is 4.74 Å². The van der Waals surface area contributed by atoms with Crippen LogP contribution in [0.15, 0.2) is 48.5 Å². The van der Waals surface area contributed by atoms with E-state index in [0.717, 1.165) is 21.9 Å². The van der Waals surface area contributed by atoms with Crippen LogP contribution in [0, 0.1) is 0 Å². The van der Waals surface area contributed by atoms with Crippen LogP contribution in [0.5, 0.6) is 5.75 Å². The summed E-state index contributed by atoms with van der Waals surface area (Å²) in [6, 6.07) is 15.5. The van der Waals surface area contributed by atoms with Gasteiger partial charge in [0.2, 0.25) is 0 Å². The highest BCUT2D eigenvalue weighted by Crippen LogP contribution is 2.18. The molecule has 0 aliphatic rings. The lowest BCUT2D eigenvalue weighted by molar-refractivity contribution is 0.306. The Labute approximate surface area is 112 Å². The lowest BCUT2D eigenvalue weighted by Crippen LogP contribution is -2.04. The van der Waals surface area contributed by atoms with Crippen LogP contribution >= 0.6 is 11.6 Å². The van der Waals surface area contributed by atoms with Gasteiger partial charge in [-0.25, -0.2) is 0 Å². The maximum atomic E-state index is 5.91. The Kier molecular flexibility index (Phi) is 4.24. The third-order valence-electron chi connectivity index (χ3n) is 2.70. The van der Waals surface area contributed by atoms with Crippen molar-refractivity contribution in [2.45, 2.75) is 19.6 Å². The minimum atomic E-state index is 0.0481. The van der Waals surface area contributed by atoms with Gasteiger partial charge in [0.15, 0.2) is 0 Å². The van der Waals surface area contributed by atoms with Crippen molar-refractivity contribution in [3.05, 3.63) is 64.7 Å². The van der Waals surface area contributed by atoms with Gasteiger partial charge in [-0.15, -0.1) is 0 Å². The molecule has 3 heteroatoms. The molecule has 0 fully saturated rings. The fourth-order valence-corrected chi connectivity index (χ4v) is 1.87. The number of ether oxygens (including phenoxy) is 1. The van der Waals surface area contributed by atoms with Crippen LogP contribution in [0.1, 0.15) is 24.1 Å². The Morgan fingerprint density at radius 3 is 2.50 bits per heavy atom. The molecule has 0 aliphatic heterocycles. The van der Waals surface area contributed by atoms with Crippen molar-refractivity contribution in [3.63, 3.8) is 0 Å². The first-order valence-electron chi connectivity index (χ1n) is 5.88. The molecule has 0 radical (unpaired) electrons. The summed E-state index contributed by atoms with van der Waals surface area (Å²) in [6.07, 6.45) is 0. The van der Waals surface area contributed by atoms with Crippen LogP contribution in [-0.2, 0) is 6.61 Å². The topological polar surface area (TPSA) is 35.2 Å². The normalized spacial score (nSPS) is 12.2. The van der Waals surface area contributed by atoms with Crippen LogP contribution in [0.2, 0.25) is 5.02 Å². The Balaban J connectivity index is 1.98. The molecule has 0 saturated heterocycles. The van der Waals surface area contributed by atoms with Crippen molar-refractivity contribution in [3.8, 4) is 5.75 Å². The summed E-state index contributed by atoms with van der Waals surface area (Å²) in [4.78, 5) is 0. The molecule has 1 atom stereocenters. The zero-order chi connectivity index (χ0) is 13.0. The van der Waals surface area contributed by atoms with Gasteiger partial charge in [0.05, 0.1) is 0 Å². The second-order valence-electron chi connectivity index (χ2n) is 4.28. The van der Waals surface area contributed by atoms with Gasteiger partial charge < -0.3 is 10.5 Å². The second kappa shape index (κ2) is 5.89. The van der Waals surface area contributed by atoms with E-state index in [9.17, 15) is 0 Å². The Morgan fingerprint density at radius 1 is 1.17 bits per heavy atom. The van der Waals surface area contributed by atoms with Crippen molar-refractivity contribution in [2.24, 2.45) is 5.73 Å². The molecule has 2 rings (SSSR count). The highest BCUT2D eigenvalue weighted by atomic mass is 35.5. The molecule has 0 amide bonds. The van der Waals surface area contributed by atoms with E-state index in [-0.39, 0.29) is 6.04 Å². The van der Waals surface area contributed by atoms with E-state index in [1.54, 1.807) is 0 Å². The SMILES string of the molecule is CC(N)c1ccc(OCc2cccc(Cl)c2)cc1. The summed E-state index contributed by atoms with van der Waals surface area (Å²) in [6.45, 7) is 2.47. The minimum Gasteiger partial charge on any atom is -0.489 e. The summed E-state index contributed by atoms with van der Waals surface area (Å²) < 4.78 is 5.68. The fraction of sp³-hybridized carbons (Fsp3) is 0.200. The summed E-state index contributed by atoms with van der Waals surface area (Å²) >= 11 is 5.91. The standard InChI is InChI=1S/C15H16ClNO/c1-11(17)13-5-7-15(8-6-13)18-10-12-3-2-4-14(16)9-12/h2-9,11H,10,17H2,1H3. The average molecular weight is 262 g/mol. The number of nitrogens with two attached hydrogens (primary N) is 1. The Bertz CT molecular complexity index is 508. The first-order chi connectivity index (χ1) is 8.65. The second-order valence-corrected chi connectivity index (χ2v) is 4.71. The first kappa shape index (κ1) is 12.9. The smallest absolute Gasteiger partial charge is 0.119 e. The molecule has 18 heavy (non-hydrogen) atoms. The summed E-state index contributed by atoms with van der Waals surface area (Å²) in [5.41, 5.74) is 7.95. The largest absolute Gasteiger partial charge is 0.489 e. The van der Waals surface area contributed by atoms with Crippen molar-refractivity contribution >= 4 is 11.6 Å². The van der Waals surface area contributed by atoms with Gasteiger partial charge in [-0.2, -0.15) is 0 Å². The molecule has 2 nitrogen and oxygen atoms in total. The molecule has 0 saturated carbocycles. The number of rotatable bonds is 4. The highest BCUT2D eigenvalue weighted by molar-refractivity contribution is 6.30. The molecule has 0 bridgehead atoms. The monoisotopic (exact) mass is 261 g/mol. The van der Waals surface area contributed by atoms with E-state index < -0.39 is 0 Å². The molecule has 2 N–H and O–H groups in total. The van der Waals surface area contributed by atoms with Crippen molar-refractivity contribution in [1.29, 1.82) is 0 Å². The summed E-state index contributed by atoms with van der Waals surface area (Å²) in [5, 5.41) is 0.725. The minimum absolute atomic E-state index is 0.0481. The van der Waals surface area contributed by atoms with Gasteiger partial charge in [-0.3, -0.25) is 0 Å². The molecule has 1 unspecified atom stereocenters. The van der Waals surface area contributed by atoms with Gasteiger partial charge in [-0.1, -0.05) is 35.9 Å².